The average Bonchev–Trinajstić information content (AvgIpc) is 3.38. The van der Waals surface area contributed by atoms with Crippen LogP contribution in [0.25, 0.3) is 0 Å². The number of anilines is 1. The number of pyridine rings is 1. The van der Waals surface area contributed by atoms with E-state index in [2.05, 4.69) is 27.0 Å². The average molecular weight is 360 g/mol. The van der Waals surface area contributed by atoms with Crippen molar-refractivity contribution >= 4 is 22.3 Å². The Kier molecular flexibility index (Phi) is 4.46. The molecule has 1 fully saturated rings. The zero-order valence-corrected chi connectivity index (χ0v) is 14.8. The Labute approximate surface area is 155 Å². The molecule has 4 rings (SSSR count). The molecule has 5 nitrogen and oxygen atoms in total. The van der Waals surface area contributed by atoms with Crippen LogP contribution in [0.1, 0.15) is 38.7 Å². The van der Waals surface area contributed by atoms with Crippen LogP contribution in [0.4, 0.5) is 5.13 Å². The topological polar surface area (TPSA) is 69.9 Å². The molecule has 0 bridgehead atoms. The van der Waals surface area contributed by atoms with Crippen LogP contribution in [-0.4, -0.2) is 28.8 Å². The molecular weight excluding hydrogens is 344 g/mol. The van der Waals surface area contributed by atoms with Crippen LogP contribution in [0, 0.1) is 11.3 Å². The van der Waals surface area contributed by atoms with E-state index in [-0.39, 0.29) is 5.78 Å². The highest BCUT2D eigenvalue weighted by molar-refractivity contribution is 7.17. The number of carbonyl (C=O) groups is 1. The van der Waals surface area contributed by atoms with Gasteiger partial charge in [0, 0.05) is 37.0 Å². The molecule has 1 unspecified atom stereocenters. The Hall–Kier alpha value is -3.04. The first kappa shape index (κ1) is 16.4. The lowest BCUT2D eigenvalue weighted by Gasteiger charge is -2.14. The standard InChI is InChI=1S/C20H16N4OS/c21-10-14-3-1-4-15(9-14)19(25)18-12-23-20(26-18)24-8-6-17(13-24)16-5-2-7-22-11-16/h1-5,7,9,11-12,17H,6,8,13H2. The first-order chi connectivity index (χ1) is 12.7. The number of hydrogen-bond donors (Lipinski definition) is 0. The van der Waals surface area contributed by atoms with Crippen molar-refractivity contribution in [3.05, 3.63) is 76.6 Å². The molecule has 0 aliphatic carbocycles. The van der Waals surface area contributed by atoms with Crippen molar-refractivity contribution in [2.45, 2.75) is 12.3 Å². The summed E-state index contributed by atoms with van der Waals surface area (Å²) < 4.78 is 0. The second kappa shape index (κ2) is 7.06. The van der Waals surface area contributed by atoms with Gasteiger partial charge in [0.1, 0.15) is 0 Å². The maximum atomic E-state index is 12.7. The highest BCUT2D eigenvalue weighted by atomic mass is 32.1. The second-order valence-corrected chi connectivity index (χ2v) is 7.26. The van der Waals surface area contributed by atoms with Crippen LogP contribution >= 0.6 is 11.3 Å². The van der Waals surface area contributed by atoms with E-state index in [9.17, 15) is 4.79 Å². The van der Waals surface area contributed by atoms with Gasteiger partial charge in [0.15, 0.2) is 5.13 Å². The monoisotopic (exact) mass is 360 g/mol. The molecule has 1 aliphatic rings. The Morgan fingerprint density at radius 1 is 1.27 bits per heavy atom. The number of hydrogen-bond acceptors (Lipinski definition) is 6. The predicted octanol–water partition coefficient (Wildman–Crippen LogP) is 3.63. The van der Waals surface area contributed by atoms with Crippen molar-refractivity contribution < 1.29 is 4.79 Å². The summed E-state index contributed by atoms with van der Waals surface area (Å²) in [5.41, 5.74) is 2.25. The molecule has 0 spiro atoms. The molecule has 0 saturated carbocycles. The molecule has 3 aromatic rings. The summed E-state index contributed by atoms with van der Waals surface area (Å²) in [4.78, 5) is 24.1. The van der Waals surface area contributed by atoms with Gasteiger partial charge in [-0.3, -0.25) is 9.78 Å². The van der Waals surface area contributed by atoms with Gasteiger partial charge in [0.2, 0.25) is 5.78 Å². The highest BCUT2D eigenvalue weighted by Crippen LogP contribution is 2.33. The maximum absolute atomic E-state index is 12.7. The summed E-state index contributed by atoms with van der Waals surface area (Å²) in [7, 11) is 0. The molecule has 3 heterocycles. The van der Waals surface area contributed by atoms with Crippen molar-refractivity contribution in [1.82, 2.24) is 9.97 Å². The number of ketones is 1. The Morgan fingerprint density at radius 3 is 3.00 bits per heavy atom. The normalized spacial score (nSPS) is 16.4. The number of thiazole rings is 1. The van der Waals surface area contributed by atoms with Gasteiger partial charge in [-0.2, -0.15) is 5.26 Å². The zero-order chi connectivity index (χ0) is 17.9. The van der Waals surface area contributed by atoms with Crippen LogP contribution in [-0.2, 0) is 0 Å². The van der Waals surface area contributed by atoms with Crippen LogP contribution in [0.15, 0.2) is 55.0 Å². The maximum Gasteiger partial charge on any atom is 0.204 e. The van der Waals surface area contributed by atoms with Crippen LogP contribution in [0.5, 0.6) is 0 Å². The summed E-state index contributed by atoms with van der Waals surface area (Å²) in [6, 6.07) is 12.9. The molecule has 26 heavy (non-hydrogen) atoms. The van der Waals surface area contributed by atoms with E-state index >= 15 is 0 Å². The van der Waals surface area contributed by atoms with Gasteiger partial charge >= 0.3 is 0 Å². The number of nitriles is 1. The summed E-state index contributed by atoms with van der Waals surface area (Å²) in [6.45, 7) is 1.81. The molecule has 128 valence electrons. The summed E-state index contributed by atoms with van der Waals surface area (Å²) in [5.74, 6) is 0.355. The van der Waals surface area contributed by atoms with E-state index in [1.807, 2.05) is 12.3 Å². The minimum Gasteiger partial charge on any atom is -0.347 e. The van der Waals surface area contributed by atoms with Crippen molar-refractivity contribution in [2.24, 2.45) is 0 Å². The molecular formula is C20H16N4OS. The van der Waals surface area contributed by atoms with Gasteiger partial charge in [-0.05, 0) is 30.2 Å². The molecule has 1 aliphatic heterocycles. The van der Waals surface area contributed by atoms with E-state index in [0.717, 1.165) is 24.6 Å². The molecule has 0 radical (unpaired) electrons. The molecule has 0 amide bonds. The predicted molar refractivity (Wildman–Crippen MR) is 101 cm³/mol. The van der Waals surface area contributed by atoms with Gasteiger partial charge < -0.3 is 4.90 Å². The molecule has 1 saturated heterocycles. The van der Waals surface area contributed by atoms with Gasteiger partial charge in [-0.1, -0.05) is 29.5 Å². The lowest BCUT2D eigenvalue weighted by molar-refractivity contribution is 0.104. The van der Waals surface area contributed by atoms with Crippen molar-refractivity contribution in [3.8, 4) is 6.07 Å². The van der Waals surface area contributed by atoms with Gasteiger partial charge in [-0.15, -0.1) is 0 Å². The number of carbonyl (C=O) groups excluding carboxylic acids is 1. The fourth-order valence-electron chi connectivity index (χ4n) is 3.21. The fraction of sp³-hybridized carbons (Fsp3) is 0.200. The molecule has 2 aromatic heterocycles. The molecule has 0 N–H and O–H groups in total. The smallest absolute Gasteiger partial charge is 0.204 e. The molecule has 1 atom stereocenters. The molecule has 1 aromatic carbocycles. The van der Waals surface area contributed by atoms with Gasteiger partial charge in [-0.25, -0.2) is 4.98 Å². The number of nitrogens with zero attached hydrogens (tertiary/aromatic N) is 4. The highest BCUT2D eigenvalue weighted by Gasteiger charge is 2.26. The summed E-state index contributed by atoms with van der Waals surface area (Å²) >= 11 is 1.41. The Balaban J connectivity index is 1.50. The number of aromatic nitrogens is 2. The van der Waals surface area contributed by atoms with E-state index in [0.29, 0.717) is 21.9 Å². The zero-order valence-electron chi connectivity index (χ0n) is 14.0. The summed E-state index contributed by atoms with van der Waals surface area (Å²) in [6.07, 6.45) is 6.40. The van der Waals surface area contributed by atoms with E-state index < -0.39 is 0 Å². The number of benzene rings is 1. The Morgan fingerprint density at radius 2 is 2.19 bits per heavy atom. The Bertz CT molecular complexity index is 977. The van der Waals surface area contributed by atoms with Crippen LogP contribution < -0.4 is 4.90 Å². The fourth-order valence-corrected chi connectivity index (χ4v) is 4.12. The summed E-state index contributed by atoms with van der Waals surface area (Å²) in [5, 5.41) is 9.87. The van der Waals surface area contributed by atoms with E-state index in [1.165, 1.54) is 16.9 Å². The van der Waals surface area contributed by atoms with Crippen LogP contribution in [0.2, 0.25) is 0 Å². The lowest BCUT2D eigenvalue weighted by atomic mass is 10.0. The van der Waals surface area contributed by atoms with Gasteiger partial charge in [0.05, 0.1) is 22.7 Å². The third kappa shape index (κ3) is 3.22. The minimum absolute atomic E-state index is 0.0890. The van der Waals surface area contributed by atoms with Crippen molar-refractivity contribution in [1.29, 1.82) is 5.26 Å². The van der Waals surface area contributed by atoms with Gasteiger partial charge in [0.25, 0.3) is 0 Å². The lowest BCUT2D eigenvalue weighted by Crippen LogP contribution is -2.18. The SMILES string of the molecule is N#Cc1cccc(C(=O)c2cnc(N3CCC(c4cccnc4)C3)s2)c1. The first-order valence-electron chi connectivity index (χ1n) is 8.40. The van der Waals surface area contributed by atoms with Crippen molar-refractivity contribution in [3.63, 3.8) is 0 Å². The number of rotatable bonds is 4. The first-order valence-corrected chi connectivity index (χ1v) is 9.22. The molecule has 6 heteroatoms. The third-order valence-electron chi connectivity index (χ3n) is 4.59. The van der Waals surface area contributed by atoms with E-state index in [4.69, 9.17) is 5.26 Å². The minimum atomic E-state index is -0.0890. The van der Waals surface area contributed by atoms with Crippen LogP contribution in [0.3, 0.4) is 0 Å². The third-order valence-corrected chi connectivity index (χ3v) is 5.64. The second-order valence-electron chi connectivity index (χ2n) is 6.25. The van der Waals surface area contributed by atoms with Crippen molar-refractivity contribution in [2.75, 3.05) is 18.0 Å². The quantitative estimate of drug-likeness (QED) is 0.665. The van der Waals surface area contributed by atoms with E-state index in [1.54, 1.807) is 36.7 Å². The largest absolute Gasteiger partial charge is 0.347 e.